The molecule has 0 spiro atoms. The van der Waals surface area contributed by atoms with Gasteiger partial charge < -0.3 is 10.6 Å². The van der Waals surface area contributed by atoms with Crippen LogP contribution >= 0.6 is 0 Å². The molecule has 1 aromatic carbocycles. The third-order valence-corrected chi connectivity index (χ3v) is 2.17. The lowest BCUT2D eigenvalue weighted by atomic mass is 10.1. The summed E-state index contributed by atoms with van der Waals surface area (Å²) in [5, 5.41) is 14.6. The van der Waals surface area contributed by atoms with Crippen molar-refractivity contribution in [1.29, 1.82) is 5.26 Å². The van der Waals surface area contributed by atoms with E-state index in [1.165, 1.54) is 6.92 Å². The van der Waals surface area contributed by atoms with Crippen molar-refractivity contribution in [3.05, 3.63) is 29.3 Å². The average molecular weight is 217 g/mol. The van der Waals surface area contributed by atoms with Crippen LogP contribution in [0.3, 0.4) is 0 Å². The van der Waals surface area contributed by atoms with Crippen molar-refractivity contribution in [2.75, 3.05) is 18.4 Å². The maximum atomic E-state index is 10.6. The van der Waals surface area contributed by atoms with E-state index in [9.17, 15) is 4.79 Å². The molecule has 0 aliphatic carbocycles. The van der Waals surface area contributed by atoms with Crippen LogP contribution in [0.5, 0.6) is 0 Å². The Morgan fingerprint density at radius 2 is 2.19 bits per heavy atom. The van der Waals surface area contributed by atoms with Crippen LogP contribution in [0, 0.1) is 18.3 Å². The first kappa shape index (κ1) is 12.1. The molecule has 0 radical (unpaired) electrons. The number of carbonyl (C=O) groups is 1. The van der Waals surface area contributed by atoms with Crippen molar-refractivity contribution >= 4 is 11.6 Å². The molecule has 0 saturated carbocycles. The smallest absolute Gasteiger partial charge is 0.216 e. The van der Waals surface area contributed by atoms with Gasteiger partial charge in [0.1, 0.15) is 0 Å². The van der Waals surface area contributed by atoms with E-state index in [1.807, 2.05) is 19.1 Å². The van der Waals surface area contributed by atoms with Gasteiger partial charge in [-0.25, -0.2) is 0 Å². The maximum absolute atomic E-state index is 10.6. The molecule has 0 aliphatic rings. The Hall–Kier alpha value is -2.02. The van der Waals surface area contributed by atoms with Gasteiger partial charge in [-0.1, -0.05) is 0 Å². The molecule has 1 amide bonds. The predicted octanol–water partition coefficient (Wildman–Crippen LogP) is 1.41. The van der Waals surface area contributed by atoms with Crippen LogP contribution in [0.15, 0.2) is 18.2 Å². The Morgan fingerprint density at radius 1 is 1.44 bits per heavy atom. The van der Waals surface area contributed by atoms with Crippen molar-refractivity contribution in [3.63, 3.8) is 0 Å². The van der Waals surface area contributed by atoms with E-state index in [4.69, 9.17) is 5.26 Å². The number of hydrogen-bond donors (Lipinski definition) is 2. The van der Waals surface area contributed by atoms with Crippen molar-refractivity contribution in [3.8, 4) is 6.07 Å². The quantitative estimate of drug-likeness (QED) is 0.749. The molecule has 1 rings (SSSR count). The van der Waals surface area contributed by atoms with Crippen molar-refractivity contribution in [2.24, 2.45) is 0 Å². The number of aryl methyl sites for hydroxylation is 1. The van der Waals surface area contributed by atoms with E-state index < -0.39 is 0 Å². The number of nitriles is 1. The number of amides is 1. The highest BCUT2D eigenvalue weighted by Gasteiger charge is 1.98. The Labute approximate surface area is 95.3 Å². The highest BCUT2D eigenvalue weighted by atomic mass is 16.1. The summed E-state index contributed by atoms with van der Waals surface area (Å²) in [4.78, 5) is 10.6. The molecule has 16 heavy (non-hydrogen) atoms. The number of anilines is 1. The number of hydrogen-bond acceptors (Lipinski definition) is 3. The molecule has 2 N–H and O–H groups in total. The standard InChI is InChI=1S/C12H15N3O/c1-9-7-12(4-3-11(9)8-13)15-6-5-14-10(2)16/h3-4,7,15H,5-6H2,1-2H3,(H,14,16). The zero-order valence-corrected chi connectivity index (χ0v) is 9.50. The predicted molar refractivity (Wildman–Crippen MR) is 63.1 cm³/mol. The summed E-state index contributed by atoms with van der Waals surface area (Å²) in [5.41, 5.74) is 2.60. The van der Waals surface area contributed by atoms with E-state index in [-0.39, 0.29) is 5.91 Å². The lowest BCUT2D eigenvalue weighted by molar-refractivity contribution is -0.118. The first-order valence-electron chi connectivity index (χ1n) is 5.12. The average Bonchev–Trinajstić information content (AvgIpc) is 2.24. The molecule has 1 aromatic rings. The van der Waals surface area contributed by atoms with Crippen molar-refractivity contribution in [1.82, 2.24) is 5.32 Å². The summed E-state index contributed by atoms with van der Waals surface area (Å²) in [7, 11) is 0. The van der Waals surface area contributed by atoms with Crippen LogP contribution in [-0.4, -0.2) is 19.0 Å². The Balaban J connectivity index is 2.47. The van der Waals surface area contributed by atoms with Crippen molar-refractivity contribution in [2.45, 2.75) is 13.8 Å². The van der Waals surface area contributed by atoms with E-state index in [0.717, 1.165) is 11.3 Å². The summed E-state index contributed by atoms with van der Waals surface area (Å²) < 4.78 is 0. The third kappa shape index (κ3) is 3.62. The van der Waals surface area contributed by atoms with E-state index in [1.54, 1.807) is 6.07 Å². The zero-order valence-electron chi connectivity index (χ0n) is 9.50. The number of nitrogens with zero attached hydrogens (tertiary/aromatic N) is 1. The van der Waals surface area contributed by atoms with Gasteiger partial charge in [0, 0.05) is 25.7 Å². The highest BCUT2D eigenvalue weighted by Crippen LogP contribution is 2.13. The van der Waals surface area contributed by atoms with Crippen LogP contribution in [0.25, 0.3) is 0 Å². The minimum absolute atomic E-state index is 0.0298. The number of benzene rings is 1. The maximum Gasteiger partial charge on any atom is 0.216 e. The largest absolute Gasteiger partial charge is 0.383 e. The lowest BCUT2D eigenvalue weighted by Crippen LogP contribution is -2.26. The highest BCUT2D eigenvalue weighted by molar-refractivity contribution is 5.72. The van der Waals surface area contributed by atoms with Gasteiger partial charge in [0.25, 0.3) is 0 Å². The molecular weight excluding hydrogens is 202 g/mol. The first-order valence-corrected chi connectivity index (χ1v) is 5.12. The van der Waals surface area contributed by atoms with Gasteiger partial charge in [-0.15, -0.1) is 0 Å². The van der Waals surface area contributed by atoms with Gasteiger partial charge in [-0.3, -0.25) is 4.79 Å². The second-order valence-electron chi connectivity index (χ2n) is 3.55. The Morgan fingerprint density at radius 3 is 2.75 bits per heavy atom. The fourth-order valence-corrected chi connectivity index (χ4v) is 1.34. The van der Waals surface area contributed by atoms with Crippen LogP contribution in [0.4, 0.5) is 5.69 Å². The summed E-state index contributed by atoms with van der Waals surface area (Å²) in [6, 6.07) is 7.69. The summed E-state index contributed by atoms with van der Waals surface area (Å²) in [6.45, 7) is 4.66. The molecule has 0 fully saturated rings. The van der Waals surface area contributed by atoms with Gasteiger partial charge in [-0.05, 0) is 30.7 Å². The minimum Gasteiger partial charge on any atom is -0.383 e. The van der Waals surface area contributed by atoms with E-state index >= 15 is 0 Å². The minimum atomic E-state index is -0.0298. The molecule has 0 bridgehead atoms. The van der Waals surface area contributed by atoms with Crippen molar-refractivity contribution < 1.29 is 4.79 Å². The molecule has 0 aliphatic heterocycles. The van der Waals surface area contributed by atoms with Gasteiger partial charge in [0.15, 0.2) is 0 Å². The van der Waals surface area contributed by atoms with Crippen LogP contribution in [0.2, 0.25) is 0 Å². The Kier molecular flexibility index (Phi) is 4.34. The second-order valence-corrected chi connectivity index (χ2v) is 3.55. The van der Waals surface area contributed by atoms with Gasteiger partial charge in [0.2, 0.25) is 5.91 Å². The molecule has 0 unspecified atom stereocenters. The van der Waals surface area contributed by atoms with E-state index in [0.29, 0.717) is 18.7 Å². The molecule has 0 saturated heterocycles. The fourth-order valence-electron chi connectivity index (χ4n) is 1.34. The molecular formula is C12H15N3O. The normalized spacial score (nSPS) is 9.31. The molecule has 4 heteroatoms. The third-order valence-electron chi connectivity index (χ3n) is 2.17. The van der Waals surface area contributed by atoms with Crippen LogP contribution < -0.4 is 10.6 Å². The fraction of sp³-hybridized carbons (Fsp3) is 0.333. The molecule has 4 nitrogen and oxygen atoms in total. The van der Waals surface area contributed by atoms with Gasteiger partial charge in [0.05, 0.1) is 11.6 Å². The second kappa shape index (κ2) is 5.76. The lowest BCUT2D eigenvalue weighted by Gasteiger charge is -2.08. The summed E-state index contributed by atoms with van der Waals surface area (Å²) in [5.74, 6) is -0.0298. The SMILES string of the molecule is CC(=O)NCCNc1ccc(C#N)c(C)c1. The van der Waals surface area contributed by atoms with E-state index in [2.05, 4.69) is 16.7 Å². The molecule has 0 atom stereocenters. The van der Waals surface area contributed by atoms with Gasteiger partial charge in [-0.2, -0.15) is 5.26 Å². The van der Waals surface area contributed by atoms with Gasteiger partial charge >= 0.3 is 0 Å². The summed E-state index contributed by atoms with van der Waals surface area (Å²) >= 11 is 0. The topological polar surface area (TPSA) is 64.9 Å². The number of nitrogens with one attached hydrogen (secondary N) is 2. The monoisotopic (exact) mass is 217 g/mol. The zero-order chi connectivity index (χ0) is 12.0. The van der Waals surface area contributed by atoms with Crippen LogP contribution in [-0.2, 0) is 4.79 Å². The number of carbonyl (C=O) groups excluding carboxylic acids is 1. The summed E-state index contributed by atoms with van der Waals surface area (Å²) in [6.07, 6.45) is 0. The molecule has 0 heterocycles. The molecule has 0 aromatic heterocycles. The first-order chi connectivity index (χ1) is 7.63. The van der Waals surface area contributed by atoms with Crippen LogP contribution in [0.1, 0.15) is 18.1 Å². The Bertz CT molecular complexity index is 421. The molecule has 84 valence electrons. The number of rotatable bonds is 4.